The molecule has 106 valence electrons. The van der Waals surface area contributed by atoms with Crippen LogP contribution in [0.3, 0.4) is 0 Å². The van der Waals surface area contributed by atoms with E-state index in [9.17, 15) is 0 Å². The molecule has 1 aromatic carbocycles. The molecular weight excluding hydrogens is 262 g/mol. The van der Waals surface area contributed by atoms with Crippen molar-refractivity contribution >= 4 is 11.6 Å². The first-order chi connectivity index (χ1) is 9.16. The Morgan fingerprint density at radius 3 is 2.47 bits per heavy atom. The van der Waals surface area contributed by atoms with Crippen molar-refractivity contribution in [3.63, 3.8) is 0 Å². The molecule has 0 heterocycles. The Kier molecular flexibility index (Phi) is 4.71. The van der Waals surface area contributed by atoms with Gasteiger partial charge in [-0.3, -0.25) is 0 Å². The summed E-state index contributed by atoms with van der Waals surface area (Å²) < 4.78 is 10.6. The summed E-state index contributed by atoms with van der Waals surface area (Å²) in [5, 5.41) is 0.650. The van der Waals surface area contributed by atoms with Gasteiger partial charge in [-0.1, -0.05) is 24.4 Å². The quantitative estimate of drug-likeness (QED) is 0.902. The minimum atomic E-state index is 0.0593. The van der Waals surface area contributed by atoms with Crippen molar-refractivity contribution in [2.24, 2.45) is 5.73 Å². The zero-order valence-electron chi connectivity index (χ0n) is 11.7. The van der Waals surface area contributed by atoms with E-state index in [1.54, 1.807) is 14.2 Å². The summed E-state index contributed by atoms with van der Waals surface area (Å²) >= 11 is 6.29. The Hall–Kier alpha value is -0.770. The molecule has 1 saturated carbocycles. The minimum absolute atomic E-state index is 0.0593. The van der Waals surface area contributed by atoms with Gasteiger partial charge in [0.25, 0.3) is 0 Å². The summed E-state index contributed by atoms with van der Waals surface area (Å²) in [5.41, 5.74) is 8.50. The lowest BCUT2D eigenvalue weighted by molar-refractivity contribution is 0.182. The maximum atomic E-state index is 6.29. The first-order valence-corrected chi connectivity index (χ1v) is 7.10. The molecule has 0 unspecified atom stereocenters. The van der Waals surface area contributed by atoms with Crippen LogP contribution in [0, 0.1) is 0 Å². The van der Waals surface area contributed by atoms with Gasteiger partial charge in [-0.15, -0.1) is 0 Å². The van der Waals surface area contributed by atoms with Crippen molar-refractivity contribution in [3.05, 3.63) is 28.3 Å². The lowest BCUT2D eigenvalue weighted by Crippen LogP contribution is -2.33. The fraction of sp³-hybridized carbons (Fsp3) is 0.600. The number of hydrogen-bond donors (Lipinski definition) is 1. The number of rotatable bonds is 5. The van der Waals surface area contributed by atoms with Gasteiger partial charge in [0.1, 0.15) is 5.75 Å². The molecule has 0 amide bonds. The highest BCUT2D eigenvalue weighted by Crippen LogP contribution is 2.44. The molecule has 0 aliphatic heterocycles. The number of nitrogens with two attached hydrogens (primary N) is 1. The van der Waals surface area contributed by atoms with Crippen molar-refractivity contribution in [3.8, 4) is 5.75 Å². The Morgan fingerprint density at radius 1 is 1.26 bits per heavy atom. The fourth-order valence-electron chi connectivity index (χ4n) is 3.16. The average molecular weight is 284 g/mol. The molecule has 1 fully saturated rings. The summed E-state index contributed by atoms with van der Waals surface area (Å²) in [5.74, 6) is 0.697. The second-order valence-electron chi connectivity index (χ2n) is 5.27. The largest absolute Gasteiger partial charge is 0.495 e. The van der Waals surface area contributed by atoms with Crippen LogP contribution in [-0.4, -0.2) is 20.8 Å². The van der Waals surface area contributed by atoms with Crippen molar-refractivity contribution < 1.29 is 9.47 Å². The molecule has 0 atom stereocenters. The maximum absolute atomic E-state index is 6.29. The van der Waals surface area contributed by atoms with Crippen molar-refractivity contribution in [1.29, 1.82) is 0 Å². The molecule has 3 nitrogen and oxygen atoms in total. The van der Waals surface area contributed by atoms with Gasteiger partial charge in [-0.2, -0.15) is 0 Å². The lowest BCUT2D eigenvalue weighted by atomic mass is 9.76. The Balaban J connectivity index is 2.50. The van der Waals surface area contributed by atoms with Crippen LogP contribution in [0.25, 0.3) is 0 Å². The second-order valence-corrected chi connectivity index (χ2v) is 5.68. The standard InChI is InChI=1S/C15H22ClNO2/c1-18-9-11-7-14(19-2)13(16)8-12(11)15(10-17)5-3-4-6-15/h7-8H,3-6,9-10,17H2,1-2H3. The predicted molar refractivity (Wildman–Crippen MR) is 77.9 cm³/mol. The molecule has 1 aliphatic rings. The van der Waals surface area contributed by atoms with E-state index in [0.717, 1.165) is 18.4 Å². The van der Waals surface area contributed by atoms with E-state index < -0.39 is 0 Å². The number of halogens is 1. The molecular formula is C15H22ClNO2. The molecule has 19 heavy (non-hydrogen) atoms. The Bertz CT molecular complexity index is 442. The molecule has 1 aliphatic carbocycles. The first kappa shape index (κ1) is 14.6. The second kappa shape index (κ2) is 6.12. The number of ether oxygens (including phenoxy) is 2. The van der Waals surface area contributed by atoms with Gasteiger partial charge in [0.05, 0.1) is 18.7 Å². The molecule has 0 saturated heterocycles. The van der Waals surface area contributed by atoms with Gasteiger partial charge < -0.3 is 15.2 Å². The lowest BCUT2D eigenvalue weighted by Gasteiger charge is -2.31. The van der Waals surface area contributed by atoms with E-state index in [0.29, 0.717) is 23.9 Å². The summed E-state index contributed by atoms with van der Waals surface area (Å²) in [4.78, 5) is 0. The number of methoxy groups -OCH3 is 2. The van der Waals surface area contributed by atoms with Crippen LogP contribution in [0.5, 0.6) is 5.75 Å². The van der Waals surface area contributed by atoms with Gasteiger partial charge >= 0.3 is 0 Å². The molecule has 4 heteroatoms. The molecule has 2 N–H and O–H groups in total. The van der Waals surface area contributed by atoms with E-state index in [2.05, 4.69) is 0 Å². The van der Waals surface area contributed by atoms with Gasteiger partial charge in [0, 0.05) is 19.1 Å². The zero-order valence-corrected chi connectivity index (χ0v) is 12.4. The topological polar surface area (TPSA) is 44.5 Å². The van der Waals surface area contributed by atoms with Gasteiger partial charge in [-0.05, 0) is 36.1 Å². The van der Waals surface area contributed by atoms with Crippen LogP contribution in [0.1, 0.15) is 36.8 Å². The number of hydrogen-bond acceptors (Lipinski definition) is 3. The van der Waals surface area contributed by atoms with E-state index >= 15 is 0 Å². The van der Waals surface area contributed by atoms with Crippen LogP contribution in [0.4, 0.5) is 0 Å². The predicted octanol–water partition coefficient (Wildman–Crippen LogP) is 3.27. The third-order valence-electron chi connectivity index (χ3n) is 4.20. The summed E-state index contributed by atoms with van der Waals surface area (Å²) in [6, 6.07) is 4.00. The van der Waals surface area contributed by atoms with Gasteiger partial charge in [-0.25, -0.2) is 0 Å². The third kappa shape index (κ3) is 2.73. The van der Waals surface area contributed by atoms with Crippen LogP contribution < -0.4 is 10.5 Å². The average Bonchev–Trinajstić information content (AvgIpc) is 2.90. The summed E-state index contributed by atoms with van der Waals surface area (Å²) in [6.45, 7) is 1.22. The molecule has 1 aromatic rings. The molecule has 0 aromatic heterocycles. The molecule has 0 bridgehead atoms. The highest BCUT2D eigenvalue weighted by Gasteiger charge is 2.36. The molecule has 0 radical (unpaired) electrons. The van der Waals surface area contributed by atoms with Crippen LogP contribution in [0.2, 0.25) is 5.02 Å². The van der Waals surface area contributed by atoms with Gasteiger partial charge in [0.15, 0.2) is 0 Å². The van der Waals surface area contributed by atoms with E-state index in [1.165, 1.54) is 18.4 Å². The van der Waals surface area contributed by atoms with E-state index in [4.69, 9.17) is 26.8 Å². The first-order valence-electron chi connectivity index (χ1n) is 6.73. The molecule has 0 spiro atoms. The van der Waals surface area contributed by atoms with Crippen molar-refractivity contribution in [2.75, 3.05) is 20.8 Å². The normalized spacial score (nSPS) is 17.7. The third-order valence-corrected chi connectivity index (χ3v) is 4.50. The van der Waals surface area contributed by atoms with E-state index in [1.807, 2.05) is 12.1 Å². The van der Waals surface area contributed by atoms with Gasteiger partial charge in [0.2, 0.25) is 0 Å². The van der Waals surface area contributed by atoms with Crippen LogP contribution >= 0.6 is 11.6 Å². The van der Waals surface area contributed by atoms with Crippen molar-refractivity contribution in [2.45, 2.75) is 37.7 Å². The fourth-order valence-corrected chi connectivity index (χ4v) is 3.40. The maximum Gasteiger partial charge on any atom is 0.137 e. The summed E-state index contributed by atoms with van der Waals surface area (Å²) in [7, 11) is 3.33. The highest BCUT2D eigenvalue weighted by atomic mass is 35.5. The minimum Gasteiger partial charge on any atom is -0.495 e. The summed E-state index contributed by atoms with van der Waals surface area (Å²) in [6.07, 6.45) is 4.71. The Morgan fingerprint density at radius 2 is 1.95 bits per heavy atom. The highest BCUT2D eigenvalue weighted by molar-refractivity contribution is 6.32. The molecule has 2 rings (SSSR count). The van der Waals surface area contributed by atoms with Crippen LogP contribution in [0.15, 0.2) is 12.1 Å². The van der Waals surface area contributed by atoms with Crippen molar-refractivity contribution in [1.82, 2.24) is 0 Å². The smallest absolute Gasteiger partial charge is 0.137 e. The van der Waals surface area contributed by atoms with Crippen LogP contribution in [-0.2, 0) is 16.8 Å². The van der Waals surface area contributed by atoms with E-state index in [-0.39, 0.29) is 5.41 Å². The Labute approximate surface area is 120 Å². The zero-order chi connectivity index (χ0) is 13.9. The monoisotopic (exact) mass is 283 g/mol. The number of benzene rings is 1. The SMILES string of the molecule is COCc1cc(OC)c(Cl)cc1C1(CN)CCCC1.